The first-order valence-electron chi connectivity index (χ1n) is 8.44. The first kappa shape index (κ1) is 13.9. The van der Waals surface area contributed by atoms with Crippen molar-refractivity contribution in [1.82, 2.24) is 10.2 Å². The summed E-state index contributed by atoms with van der Waals surface area (Å²) in [6.45, 7) is 1.60. The third-order valence-electron chi connectivity index (χ3n) is 5.67. The highest BCUT2D eigenvalue weighted by atomic mass is 16.2. The topological polar surface area (TPSA) is 49.4 Å². The molecule has 3 aliphatic rings. The molecule has 1 aliphatic carbocycles. The third-order valence-corrected chi connectivity index (χ3v) is 5.67. The molecule has 1 aromatic carbocycles. The van der Waals surface area contributed by atoms with Crippen molar-refractivity contribution in [3.63, 3.8) is 0 Å². The van der Waals surface area contributed by atoms with Crippen LogP contribution in [-0.4, -0.2) is 35.8 Å². The van der Waals surface area contributed by atoms with Gasteiger partial charge in [-0.15, -0.1) is 0 Å². The minimum atomic E-state index is -0.119. The molecular weight excluding hydrogens is 276 g/mol. The number of amides is 2. The highest BCUT2D eigenvalue weighted by molar-refractivity contribution is 6.21. The van der Waals surface area contributed by atoms with E-state index in [0.717, 1.165) is 18.9 Å². The van der Waals surface area contributed by atoms with Crippen LogP contribution in [0.25, 0.3) is 0 Å². The molecule has 4 rings (SSSR count). The number of rotatable bonds is 3. The molecule has 4 heteroatoms. The van der Waals surface area contributed by atoms with Crippen LogP contribution in [0.5, 0.6) is 0 Å². The maximum absolute atomic E-state index is 12.4. The minimum absolute atomic E-state index is 0.119. The lowest BCUT2D eigenvalue weighted by atomic mass is 9.79. The van der Waals surface area contributed by atoms with Crippen LogP contribution in [0.3, 0.4) is 0 Å². The second-order valence-corrected chi connectivity index (χ2v) is 6.82. The Morgan fingerprint density at radius 1 is 1.05 bits per heavy atom. The van der Waals surface area contributed by atoms with Crippen LogP contribution in [0.15, 0.2) is 24.3 Å². The Morgan fingerprint density at radius 2 is 1.73 bits per heavy atom. The molecule has 1 N–H and O–H groups in total. The van der Waals surface area contributed by atoms with Crippen molar-refractivity contribution in [2.75, 3.05) is 13.1 Å². The molecule has 2 amide bonds. The lowest BCUT2D eigenvalue weighted by Crippen LogP contribution is -2.33. The molecule has 116 valence electrons. The Balaban J connectivity index is 1.43. The van der Waals surface area contributed by atoms with Gasteiger partial charge in [0.2, 0.25) is 0 Å². The van der Waals surface area contributed by atoms with Crippen LogP contribution >= 0.6 is 0 Å². The van der Waals surface area contributed by atoms with Crippen molar-refractivity contribution in [3.05, 3.63) is 35.4 Å². The predicted octanol–water partition coefficient (Wildman–Crippen LogP) is 2.45. The summed E-state index contributed by atoms with van der Waals surface area (Å²) < 4.78 is 0. The van der Waals surface area contributed by atoms with Gasteiger partial charge in [-0.2, -0.15) is 0 Å². The molecule has 1 saturated carbocycles. The van der Waals surface area contributed by atoms with Gasteiger partial charge >= 0.3 is 0 Å². The molecule has 0 radical (unpaired) electrons. The van der Waals surface area contributed by atoms with Gasteiger partial charge in [0.1, 0.15) is 0 Å². The molecule has 3 unspecified atom stereocenters. The van der Waals surface area contributed by atoms with Gasteiger partial charge < -0.3 is 5.32 Å². The molecule has 0 bridgehead atoms. The average Bonchev–Trinajstić information content (AvgIpc) is 3.07. The van der Waals surface area contributed by atoms with Gasteiger partial charge in [-0.1, -0.05) is 25.0 Å². The summed E-state index contributed by atoms with van der Waals surface area (Å²) in [5, 5.41) is 3.64. The zero-order chi connectivity index (χ0) is 15.1. The van der Waals surface area contributed by atoms with Crippen molar-refractivity contribution >= 4 is 11.8 Å². The largest absolute Gasteiger partial charge is 0.313 e. The number of benzene rings is 1. The van der Waals surface area contributed by atoms with Crippen LogP contribution in [0.4, 0.5) is 0 Å². The van der Waals surface area contributed by atoms with Crippen LogP contribution < -0.4 is 5.32 Å². The maximum Gasteiger partial charge on any atom is 0.261 e. The van der Waals surface area contributed by atoms with Crippen molar-refractivity contribution in [1.29, 1.82) is 0 Å². The number of carbonyl (C=O) groups excluding carboxylic acids is 2. The maximum atomic E-state index is 12.4. The van der Waals surface area contributed by atoms with E-state index in [1.165, 1.54) is 30.6 Å². The molecule has 22 heavy (non-hydrogen) atoms. The summed E-state index contributed by atoms with van der Waals surface area (Å²) in [4.78, 5) is 26.2. The fraction of sp³-hybridized carbons (Fsp3) is 0.556. The van der Waals surface area contributed by atoms with Crippen LogP contribution in [0.2, 0.25) is 0 Å². The van der Waals surface area contributed by atoms with Crippen LogP contribution in [0.1, 0.15) is 52.8 Å². The summed E-state index contributed by atoms with van der Waals surface area (Å²) in [5.74, 6) is 1.11. The van der Waals surface area contributed by atoms with Gasteiger partial charge in [0, 0.05) is 12.6 Å². The van der Waals surface area contributed by atoms with E-state index in [1.807, 2.05) is 12.1 Å². The Hall–Kier alpha value is -1.68. The van der Waals surface area contributed by atoms with E-state index in [-0.39, 0.29) is 11.8 Å². The molecule has 4 nitrogen and oxygen atoms in total. The van der Waals surface area contributed by atoms with E-state index in [0.29, 0.717) is 29.6 Å². The van der Waals surface area contributed by atoms with Crippen LogP contribution in [0, 0.1) is 11.8 Å². The zero-order valence-electron chi connectivity index (χ0n) is 12.8. The van der Waals surface area contributed by atoms with Crippen molar-refractivity contribution in [2.45, 2.75) is 38.1 Å². The zero-order valence-corrected chi connectivity index (χ0v) is 12.8. The summed E-state index contributed by atoms with van der Waals surface area (Å²) in [7, 11) is 0. The van der Waals surface area contributed by atoms with Crippen molar-refractivity contribution in [3.8, 4) is 0 Å². The lowest BCUT2D eigenvalue weighted by molar-refractivity contribution is 0.0641. The first-order valence-corrected chi connectivity index (χ1v) is 8.44. The number of nitrogens with one attached hydrogen (secondary N) is 1. The molecule has 0 aromatic heterocycles. The SMILES string of the molecule is O=C1c2ccccc2C(=O)N1CCC1CNC2CCCCC12. The number of carbonyl (C=O) groups is 2. The van der Waals surface area contributed by atoms with Gasteiger partial charge in [-0.05, 0) is 49.8 Å². The Labute approximate surface area is 130 Å². The monoisotopic (exact) mass is 298 g/mol. The minimum Gasteiger partial charge on any atom is -0.313 e. The van der Waals surface area contributed by atoms with Gasteiger partial charge in [-0.25, -0.2) is 0 Å². The van der Waals surface area contributed by atoms with E-state index in [2.05, 4.69) is 5.32 Å². The molecule has 3 atom stereocenters. The Bertz CT molecular complexity index is 578. The standard InChI is InChI=1S/C18H22N2O2/c21-17-14-6-1-2-7-15(14)18(22)20(17)10-9-12-11-19-16-8-4-3-5-13(12)16/h1-2,6-7,12-13,16,19H,3-5,8-11H2. The van der Waals surface area contributed by atoms with Gasteiger partial charge in [0.05, 0.1) is 11.1 Å². The Morgan fingerprint density at radius 3 is 2.45 bits per heavy atom. The van der Waals surface area contributed by atoms with E-state index < -0.39 is 0 Å². The highest BCUT2D eigenvalue weighted by Crippen LogP contribution is 2.36. The second-order valence-electron chi connectivity index (χ2n) is 6.82. The third kappa shape index (κ3) is 2.17. The molecular formula is C18H22N2O2. The molecule has 2 fully saturated rings. The normalized spacial score (nSPS) is 30.5. The number of hydrogen-bond donors (Lipinski definition) is 1. The molecule has 1 saturated heterocycles. The number of nitrogens with zero attached hydrogens (tertiary/aromatic N) is 1. The first-order chi connectivity index (χ1) is 10.8. The van der Waals surface area contributed by atoms with E-state index in [1.54, 1.807) is 12.1 Å². The number of hydrogen-bond acceptors (Lipinski definition) is 3. The second kappa shape index (κ2) is 5.51. The fourth-order valence-corrected chi connectivity index (χ4v) is 4.48. The van der Waals surface area contributed by atoms with E-state index >= 15 is 0 Å². The van der Waals surface area contributed by atoms with Crippen LogP contribution in [-0.2, 0) is 0 Å². The van der Waals surface area contributed by atoms with Gasteiger partial charge in [-0.3, -0.25) is 14.5 Å². The predicted molar refractivity (Wildman–Crippen MR) is 83.7 cm³/mol. The summed E-state index contributed by atoms with van der Waals surface area (Å²) in [5.41, 5.74) is 1.13. The lowest BCUT2D eigenvalue weighted by Gasteiger charge is -2.29. The highest BCUT2D eigenvalue weighted by Gasteiger charge is 2.39. The smallest absolute Gasteiger partial charge is 0.261 e. The van der Waals surface area contributed by atoms with E-state index in [4.69, 9.17) is 0 Å². The van der Waals surface area contributed by atoms with Gasteiger partial charge in [0.25, 0.3) is 11.8 Å². The quantitative estimate of drug-likeness (QED) is 0.872. The average molecular weight is 298 g/mol. The summed E-state index contributed by atoms with van der Waals surface area (Å²) in [6.07, 6.45) is 6.17. The van der Waals surface area contributed by atoms with E-state index in [9.17, 15) is 9.59 Å². The summed E-state index contributed by atoms with van der Waals surface area (Å²) >= 11 is 0. The number of imide groups is 1. The summed E-state index contributed by atoms with van der Waals surface area (Å²) in [6, 6.07) is 7.82. The van der Waals surface area contributed by atoms with Gasteiger partial charge in [0.15, 0.2) is 0 Å². The molecule has 0 spiro atoms. The number of fused-ring (bicyclic) bond motifs is 2. The molecule has 1 aromatic rings. The molecule has 2 heterocycles. The van der Waals surface area contributed by atoms with Crippen molar-refractivity contribution in [2.24, 2.45) is 11.8 Å². The van der Waals surface area contributed by atoms with Crippen molar-refractivity contribution < 1.29 is 9.59 Å². The Kier molecular flexibility index (Phi) is 3.49. The fourth-order valence-electron chi connectivity index (χ4n) is 4.48. The molecule has 2 aliphatic heterocycles.